The second kappa shape index (κ2) is 7.29. The lowest BCUT2D eigenvalue weighted by Gasteiger charge is -2.11. The van der Waals surface area contributed by atoms with Crippen LogP contribution in [0.15, 0.2) is 36.4 Å². The highest BCUT2D eigenvalue weighted by Gasteiger charge is 2.06. The van der Waals surface area contributed by atoms with Gasteiger partial charge in [-0.2, -0.15) is 0 Å². The molecule has 0 saturated heterocycles. The SMILES string of the molecule is COc1cccc(COc2ccc(CC(C)N)cc2Cl)n1. The summed E-state index contributed by atoms with van der Waals surface area (Å²) in [7, 11) is 1.58. The summed E-state index contributed by atoms with van der Waals surface area (Å²) in [6.45, 7) is 2.30. The number of nitrogens with two attached hydrogens (primary N) is 1. The first-order valence-corrected chi connectivity index (χ1v) is 7.13. The monoisotopic (exact) mass is 306 g/mol. The number of ether oxygens (including phenoxy) is 2. The zero-order valence-electron chi connectivity index (χ0n) is 12.2. The van der Waals surface area contributed by atoms with Gasteiger partial charge in [0.25, 0.3) is 0 Å². The van der Waals surface area contributed by atoms with Crippen LogP contribution >= 0.6 is 11.6 Å². The van der Waals surface area contributed by atoms with Crippen molar-refractivity contribution in [3.63, 3.8) is 0 Å². The van der Waals surface area contributed by atoms with Gasteiger partial charge in [-0.25, -0.2) is 4.98 Å². The number of rotatable bonds is 6. The minimum absolute atomic E-state index is 0.105. The number of halogens is 1. The van der Waals surface area contributed by atoms with E-state index in [4.69, 9.17) is 26.8 Å². The van der Waals surface area contributed by atoms with E-state index in [1.807, 2.05) is 37.3 Å². The van der Waals surface area contributed by atoms with Gasteiger partial charge in [0.05, 0.1) is 17.8 Å². The molecule has 1 unspecified atom stereocenters. The average molecular weight is 307 g/mol. The smallest absolute Gasteiger partial charge is 0.213 e. The van der Waals surface area contributed by atoms with Gasteiger partial charge in [0.2, 0.25) is 5.88 Å². The van der Waals surface area contributed by atoms with Gasteiger partial charge in [-0.15, -0.1) is 0 Å². The van der Waals surface area contributed by atoms with Crippen LogP contribution in [-0.4, -0.2) is 18.1 Å². The number of hydrogen-bond donors (Lipinski definition) is 1. The van der Waals surface area contributed by atoms with Gasteiger partial charge in [-0.05, 0) is 37.1 Å². The van der Waals surface area contributed by atoms with Crippen molar-refractivity contribution in [3.05, 3.63) is 52.7 Å². The second-order valence-corrected chi connectivity index (χ2v) is 5.31. The summed E-state index contributed by atoms with van der Waals surface area (Å²) in [5.74, 6) is 1.20. The predicted octanol–water partition coefficient (Wildman–Crippen LogP) is 3.21. The molecule has 2 rings (SSSR count). The first-order valence-electron chi connectivity index (χ1n) is 6.75. The number of pyridine rings is 1. The van der Waals surface area contributed by atoms with Gasteiger partial charge in [-0.3, -0.25) is 0 Å². The van der Waals surface area contributed by atoms with Gasteiger partial charge in [0.15, 0.2) is 0 Å². The third-order valence-electron chi connectivity index (χ3n) is 2.92. The third kappa shape index (κ3) is 4.62. The van der Waals surface area contributed by atoms with Crippen molar-refractivity contribution in [1.29, 1.82) is 0 Å². The van der Waals surface area contributed by atoms with Gasteiger partial charge in [-0.1, -0.05) is 23.7 Å². The Morgan fingerprint density at radius 2 is 2.10 bits per heavy atom. The van der Waals surface area contributed by atoms with Crippen molar-refractivity contribution in [1.82, 2.24) is 4.98 Å². The maximum atomic E-state index is 6.23. The highest BCUT2D eigenvalue weighted by atomic mass is 35.5. The third-order valence-corrected chi connectivity index (χ3v) is 3.22. The predicted molar refractivity (Wildman–Crippen MR) is 83.9 cm³/mol. The second-order valence-electron chi connectivity index (χ2n) is 4.91. The van der Waals surface area contributed by atoms with Crippen LogP contribution in [0.25, 0.3) is 0 Å². The maximum Gasteiger partial charge on any atom is 0.213 e. The van der Waals surface area contributed by atoms with Crippen LogP contribution in [0.2, 0.25) is 5.02 Å². The Kier molecular flexibility index (Phi) is 5.42. The van der Waals surface area contributed by atoms with E-state index in [1.165, 1.54) is 0 Å². The fraction of sp³-hybridized carbons (Fsp3) is 0.312. The van der Waals surface area contributed by atoms with Crippen LogP contribution in [0.1, 0.15) is 18.2 Å². The summed E-state index contributed by atoms with van der Waals surface area (Å²) in [6, 6.07) is 11.4. The molecular weight excluding hydrogens is 288 g/mol. The summed E-state index contributed by atoms with van der Waals surface area (Å²) in [6.07, 6.45) is 0.789. The van der Waals surface area contributed by atoms with Gasteiger partial charge >= 0.3 is 0 Å². The molecule has 0 bridgehead atoms. The summed E-state index contributed by atoms with van der Waals surface area (Å²) in [4.78, 5) is 4.29. The Labute approximate surface area is 129 Å². The van der Waals surface area contributed by atoms with E-state index in [0.29, 0.717) is 23.3 Å². The molecule has 1 aromatic carbocycles. The Morgan fingerprint density at radius 3 is 2.76 bits per heavy atom. The molecule has 1 heterocycles. The Bertz CT molecular complexity index is 603. The minimum Gasteiger partial charge on any atom is -0.486 e. The van der Waals surface area contributed by atoms with Crippen LogP contribution in [-0.2, 0) is 13.0 Å². The van der Waals surface area contributed by atoms with Crippen molar-refractivity contribution in [2.24, 2.45) is 5.73 Å². The van der Waals surface area contributed by atoms with Crippen LogP contribution < -0.4 is 15.2 Å². The molecule has 2 aromatic rings. The minimum atomic E-state index is 0.105. The zero-order chi connectivity index (χ0) is 15.2. The van der Waals surface area contributed by atoms with Gasteiger partial charge < -0.3 is 15.2 Å². The fourth-order valence-electron chi connectivity index (χ4n) is 1.96. The van der Waals surface area contributed by atoms with Crippen molar-refractivity contribution in [2.45, 2.75) is 26.0 Å². The van der Waals surface area contributed by atoms with E-state index >= 15 is 0 Å². The molecule has 0 saturated carbocycles. The topological polar surface area (TPSA) is 57.4 Å². The molecule has 5 heteroatoms. The normalized spacial score (nSPS) is 12.0. The molecule has 1 aromatic heterocycles. The molecule has 0 radical (unpaired) electrons. The first-order chi connectivity index (χ1) is 10.1. The van der Waals surface area contributed by atoms with Crippen LogP contribution in [0.4, 0.5) is 0 Å². The Morgan fingerprint density at radius 1 is 1.29 bits per heavy atom. The highest BCUT2D eigenvalue weighted by Crippen LogP contribution is 2.26. The fourth-order valence-corrected chi connectivity index (χ4v) is 2.22. The van der Waals surface area contributed by atoms with E-state index < -0.39 is 0 Å². The molecule has 0 amide bonds. The van der Waals surface area contributed by atoms with E-state index in [9.17, 15) is 0 Å². The lowest BCUT2D eigenvalue weighted by molar-refractivity contribution is 0.298. The molecule has 0 aliphatic heterocycles. The van der Waals surface area contributed by atoms with Gasteiger partial charge in [0, 0.05) is 12.1 Å². The van der Waals surface area contributed by atoms with Crippen LogP contribution in [0.5, 0.6) is 11.6 Å². The van der Waals surface area contributed by atoms with Crippen molar-refractivity contribution in [3.8, 4) is 11.6 Å². The Balaban J connectivity index is 2.02. The zero-order valence-corrected chi connectivity index (χ0v) is 12.9. The van der Waals surface area contributed by atoms with Crippen LogP contribution in [0, 0.1) is 0 Å². The largest absolute Gasteiger partial charge is 0.486 e. The average Bonchev–Trinajstić information content (AvgIpc) is 2.46. The molecule has 0 fully saturated rings. The van der Waals surface area contributed by atoms with E-state index in [1.54, 1.807) is 13.2 Å². The number of aromatic nitrogens is 1. The number of hydrogen-bond acceptors (Lipinski definition) is 4. The number of methoxy groups -OCH3 is 1. The Hall–Kier alpha value is -1.78. The molecule has 1 atom stereocenters. The van der Waals surface area contributed by atoms with E-state index in [0.717, 1.165) is 17.7 Å². The summed E-state index contributed by atoms with van der Waals surface area (Å²) in [5, 5.41) is 0.580. The molecule has 4 nitrogen and oxygen atoms in total. The van der Waals surface area contributed by atoms with Gasteiger partial charge in [0.1, 0.15) is 12.4 Å². The van der Waals surface area contributed by atoms with E-state index in [2.05, 4.69) is 4.98 Å². The molecule has 0 aliphatic rings. The molecular formula is C16H19ClN2O2. The molecule has 2 N–H and O–H groups in total. The van der Waals surface area contributed by atoms with Crippen molar-refractivity contribution >= 4 is 11.6 Å². The first kappa shape index (κ1) is 15.6. The number of nitrogens with zero attached hydrogens (tertiary/aromatic N) is 1. The van der Waals surface area contributed by atoms with Crippen molar-refractivity contribution < 1.29 is 9.47 Å². The van der Waals surface area contributed by atoms with Crippen LogP contribution in [0.3, 0.4) is 0 Å². The van der Waals surface area contributed by atoms with Crippen molar-refractivity contribution in [2.75, 3.05) is 7.11 Å². The lowest BCUT2D eigenvalue weighted by Crippen LogP contribution is -2.17. The summed E-state index contributed by atoms with van der Waals surface area (Å²) >= 11 is 6.23. The lowest BCUT2D eigenvalue weighted by atomic mass is 10.1. The molecule has 112 valence electrons. The maximum absolute atomic E-state index is 6.23. The number of benzene rings is 1. The standard InChI is InChI=1S/C16H19ClN2O2/c1-11(18)8-12-6-7-15(14(17)9-12)21-10-13-4-3-5-16(19-13)20-2/h3-7,9,11H,8,10,18H2,1-2H3. The molecule has 21 heavy (non-hydrogen) atoms. The highest BCUT2D eigenvalue weighted by molar-refractivity contribution is 6.32. The quantitative estimate of drug-likeness (QED) is 0.890. The molecule has 0 spiro atoms. The van der Waals surface area contributed by atoms with E-state index in [-0.39, 0.29) is 6.04 Å². The summed E-state index contributed by atoms with van der Waals surface area (Å²) < 4.78 is 10.8. The molecule has 0 aliphatic carbocycles. The summed E-state index contributed by atoms with van der Waals surface area (Å²) in [5.41, 5.74) is 7.66.